The first kappa shape index (κ1) is 58.8. The van der Waals surface area contributed by atoms with Crippen LogP contribution < -0.4 is 32.8 Å². The third-order valence-electron chi connectivity index (χ3n) is 22.8. The van der Waals surface area contributed by atoms with Gasteiger partial charge >= 0.3 is 0 Å². The number of hydrogen-bond acceptors (Lipinski definition) is 0. The van der Waals surface area contributed by atoms with Crippen molar-refractivity contribution in [3.05, 3.63) is 264 Å². The van der Waals surface area contributed by atoms with Gasteiger partial charge in [-0.25, -0.2) is 0 Å². The fraction of sp³-hybridized carbons (Fsp3) is 0.191. The Kier molecular flexibility index (Phi) is 13.4. The molecular formula is C94H80B2. The lowest BCUT2D eigenvalue weighted by Crippen LogP contribution is -2.53. The van der Waals surface area contributed by atoms with Crippen molar-refractivity contribution >= 4 is 78.5 Å². The van der Waals surface area contributed by atoms with Gasteiger partial charge in [-0.1, -0.05) is 298 Å². The molecule has 0 atom stereocenters. The predicted octanol–water partition coefficient (Wildman–Crippen LogP) is 22.3. The zero-order valence-corrected chi connectivity index (χ0v) is 57.6. The first-order chi connectivity index (χ1) is 46.6. The van der Waals surface area contributed by atoms with Crippen LogP contribution in [0.15, 0.2) is 231 Å². The highest BCUT2D eigenvalue weighted by Crippen LogP contribution is 2.55. The average Bonchev–Trinajstić information content (AvgIpc) is 1.21. The van der Waals surface area contributed by atoms with E-state index in [0.717, 1.165) is 0 Å². The lowest BCUT2D eigenvalue weighted by Gasteiger charge is -2.34. The Morgan fingerprint density at radius 1 is 0.208 bits per heavy atom. The van der Waals surface area contributed by atoms with Gasteiger partial charge in [0.05, 0.1) is 0 Å². The summed E-state index contributed by atoms with van der Waals surface area (Å²) in [5, 5.41) is 8.39. The van der Waals surface area contributed by atoms with E-state index in [-0.39, 0.29) is 37.1 Å². The fourth-order valence-corrected chi connectivity index (χ4v) is 18.2. The lowest BCUT2D eigenvalue weighted by molar-refractivity contribution is 0.807. The van der Waals surface area contributed by atoms with Gasteiger partial charge < -0.3 is 0 Å². The van der Waals surface area contributed by atoms with Crippen molar-refractivity contribution in [2.24, 2.45) is 0 Å². The third kappa shape index (κ3) is 8.62. The zero-order chi connectivity index (χ0) is 65.4. The molecular weight excluding hydrogens is 1150 g/mol. The summed E-state index contributed by atoms with van der Waals surface area (Å²) in [5.74, 6) is 1.85. The van der Waals surface area contributed by atoms with Gasteiger partial charge in [-0.15, -0.1) is 0 Å². The molecule has 4 heterocycles. The van der Waals surface area contributed by atoms with Gasteiger partial charge in [0.25, 0.3) is 0 Å². The van der Waals surface area contributed by atoms with E-state index in [9.17, 15) is 0 Å². The molecule has 0 N–H and O–H groups in total. The molecule has 4 aliphatic rings. The highest BCUT2D eigenvalue weighted by Gasteiger charge is 2.46. The molecule has 0 bridgehead atoms. The molecule has 14 aromatic rings. The molecule has 0 amide bonds. The average molecular weight is 1230 g/mol. The first-order valence-corrected chi connectivity index (χ1v) is 35.7. The highest BCUT2D eigenvalue weighted by atomic mass is 14.4. The van der Waals surface area contributed by atoms with E-state index >= 15 is 0 Å². The molecule has 0 aromatic heterocycles. The van der Waals surface area contributed by atoms with Crippen LogP contribution in [0.3, 0.4) is 0 Å². The summed E-state index contributed by atoms with van der Waals surface area (Å²) in [7, 11) is 0. The Labute approximate surface area is 568 Å². The van der Waals surface area contributed by atoms with Gasteiger partial charge in [0.15, 0.2) is 0 Å². The van der Waals surface area contributed by atoms with Crippen LogP contribution in [0.5, 0.6) is 0 Å². The molecule has 0 unspecified atom stereocenters. The molecule has 96 heavy (non-hydrogen) atoms. The maximum Gasteiger partial charge on any atom is 0.244 e. The molecule has 2 heteroatoms. The SMILES string of the molecule is CC(C)c1cc(C(C)C)c(-c2cc3c4c(cc5c(-c6c(C(C)C)cc(C(C)C)cc6C(C)C)cc6c7c(cc2c4c57)B2c4ccc(-c5ccccc5)cc4-c4cc(-c5ccccc5)cc-6c42)B2c4ccc(-c5ccccc5)cc4-c4cc(-c5ccccc5)cc-3c42)c(C(C)C)c1. The Balaban J connectivity index is 1.08. The van der Waals surface area contributed by atoms with Crippen molar-refractivity contribution in [2.45, 2.75) is 119 Å². The van der Waals surface area contributed by atoms with Gasteiger partial charge in [-0.05, 0) is 261 Å². The third-order valence-corrected chi connectivity index (χ3v) is 22.8. The Morgan fingerprint density at radius 3 is 0.802 bits per heavy atom. The van der Waals surface area contributed by atoms with Crippen molar-refractivity contribution in [3.63, 3.8) is 0 Å². The minimum Gasteiger partial charge on any atom is -0.0657 e. The van der Waals surface area contributed by atoms with Crippen molar-refractivity contribution in [2.75, 3.05) is 0 Å². The highest BCUT2D eigenvalue weighted by molar-refractivity contribution is 7.03. The second-order valence-corrected chi connectivity index (χ2v) is 30.5. The zero-order valence-electron chi connectivity index (χ0n) is 57.6. The second kappa shape index (κ2) is 21.9. The second-order valence-electron chi connectivity index (χ2n) is 30.5. The van der Waals surface area contributed by atoms with E-state index in [2.05, 4.69) is 314 Å². The van der Waals surface area contributed by atoms with E-state index < -0.39 is 0 Å². The van der Waals surface area contributed by atoms with Gasteiger partial charge in [0.1, 0.15) is 0 Å². The van der Waals surface area contributed by atoms with Crippen molar-refractivity contribution in [1.29, 1.82) is 0 Å². The smallest absolute Gasteiger partial charge is 0.0657 e. The molecule has 0 saturated heterocycles. The van der Waals surface area contributed by atoms with Crippen LogP contribution in [0.2, 0.25) is 0 Å². The van der Waals surface area contributed by atoms with Crippen LogP contribution >= 0.6 is 0 Å². The minimum atomic E-state index is 0.00182. The van der Waals surface area contributed by atoms with Crippen LogP contribution in [0.4, 0.5) is 0 Å². The van der Waals surface area contributed by atoms with E-state index in [1.807, 2.05) is 0 Å². The van der Waals surface area contributed by atoms with Crippen molar-refractivity contribution in [3.8, 4) is 111 Å². The molecule has 0 spiro atoms. The van der Waals surface area contributed by atoms with Crippen molar-refractivity contribution in [1.82, 2.24) is 0 Å². The molecule has 14 aromatic carbocycles. The summed E-state index contributed by atoms with van der Waals surface area (Å²) in [6.07, 6.45) is 0. The quantitative estimate of drug-likeness (QED) is 0.0845. The van der Waals surface area contributed by atoms with Gasteiger partial charge in [-0.2, -0.15) is 0 Å². The first-order valence-electron chi connectivity index (χ1n) is 35.7. The van der Waals surface area contributed by atoms with Crippen LogP contribution in [-0.2, 0) is 0 Å². The molecule has 0 radical (unpaired) electrons. The van der Waals surface area contributed by atoms with E-state index in [4.69, 9.17) is 0 Å². The van der Waals surface area contributed by atoms with Crippen LogP contribution in [-0.4, -0.2) is 13.4 Å². The summed E-state index contributed by atoms with van der Waals surface area (Å²) < 4.78 is 0. The summed E-state index contributed by atoms with van der Waals surface area (Å²) in [6, 6.07) is 91.2. The standard InChI is InChI=1S/C94H80B2/c1-51(2)63-39-67(53(5)6)87(68(40-63)54(7)8)73-47-75-81-45-65(59-29-21-15-22-30-59)43-79-71-37-62(58-27-19-14-20-28-58)34-36-84(71)96(93(79)81)86-50-78-74(88-69(55(9)10)41-64(52(3)4)42-70(88)56(11)12)48-76-82-46-66(60-31-23-16-24-32-60)44-80-72-38-61(57-25-17-13-18-26-57)33-35-83(72)95(94(80)82)85-49-77(73)91(89(75)86)92(78)90(76)85/h13-56H,1-12H3. The van der Waals surface area contributed by atoms with E-state index in [0.29, 0.717) is 11.8 Å². The van der Waals surface area contributed by atoms with Gasteiger partial charge in [-0.3, -0.25) is 0 Å². The lowest BCUT2D eigenvalue weighted by atomic mass is 9.34. The van der Waals surface area contributed by atoms with E-state index in [1.54, 1.807) is 0 Å². The Bertz CT molecular complexity index is 5160. The van der Waals surface area contributed by atoms with Crippen molar-refractivity contribution < 1.29 is 0 Å². The molecule has 0 saturated carbocycles. The molecule has 18 rings (SSSR count). The predicted molar refractivity (Wildman–Crippen MR) is 418 cm³/mol. The molecule has 462 valence electrons. The number of benzene rings is 14. The summed E-state index contributed by atoms with van der Waals surface area (Å²) >= 11 is 0. The number of fused-ring (bicyclic) bond motifs is 10. The maximum absolute atomic E-state index is 2.78. The largest absolute Gasteiger partial charge is 0.244 e. The molecule has 0 aliphatic carbocycles. The van der Waals surface area contributed by atoms with Crippen LogP contribution in [0.1, 0.15) is 152 Å². The monoisotopic (exact) mass is 1230 g/mol. The minimum absolute atomic E-state index is 0.00182. The van der Waals surface area contributed by atoms with E-state index in [1.165, 1.54) is 210 Å². The Morgan fingerprint density at radius 2 is 0.500 bits per heavy atom. The normalized spacial score (nSPS) is 13.1. The topological polar surface area (TPSA) is 0 Å². The maximum atomic E-state index is 2.78. The Hall–Kier alpha value is -9.75. The fourth-order valence-electron chi connectivity index (χ4n) is 18.2. The molecule has 0 fully saturated rings. The van der Waals surface area contributed by atoms with Crippen LogP contribution in [0.25, 0.3) is 144 Å². The molecule has 4 aliphatic heterocycles. The van der Waals surface area contributed by atoms with Gasteiger partial charge in [0, 0.05) is 0 Å². The van der Waals surface area contributed by atoms with Crippen LogP contribution in [0, 0.1) is 0 Å². The number of rotatable bonds is 12. The number of hydrogen-bond donors (Lipinski definition) is 0. The summed E-state index contributed by atoms with van der Waals surface area (Å²) in [5.41, 5.74) is 43.5. The summed E-state index contributed by atoms with van der Waals surface area (Å²) in [4.78, 5) is 0. The summed E-state index contributed by atoms with van der Waals surface area (Å²) in [6.45, 7) is 29.1. The van der Waals surface area contributed by atoms with Gasteiger partial charge in [0.2, 0.25) is 13.4 Å². The molecule has 0 nitrogen and oxygen atoms in total.